The van der Waals surface area contributed by atoms with Gasteiger partial charge in [-0.25, -0.2) is 14.8 Å². The van der Waals surface area contributed by atoms with Gasteiger partial charge >= 0.3 is 12.1 Å². The molecule has 4 rings (SSSR count). The summed E-state index contributed by atoms with van der Waals surface area (Å²) < 4.78 is 49.5. The summed E-state index contributed by atoms with van der Waals surface area (Å²) in [4.78, 5) is 20.0. The van der Waals surface area contributed by atoms with E-state index in [4.69, 9.17) is 24.1 Å². The van der Waals surface area contributed by atoms with Gasteiger partial charge in [0.05, 0.1) is 5.60 Å². The Bertz CT molecular complexity index is 724. The van der Waals surface area contributed by atoms with Crippen molar-refractivity contribution in [1.82, 2.24) is 9.97 Å². The third kappa shape index (κ3) is 7.51. The molecule has 8 nitrogen and oxygen atoms in total. The predicted octanol–water partition coefficient (Wildman–Crippen LogP) is 3.32. The number of nitrogens with zero attached hydrogens (tertiary/aromatic N) is 3. The van der Waals surface area contributed by atoms with E-state index >= 15 is 0 Å². The Morgan fingerprint density at radius 2 is 1.79 bits per heavy atom. The highest BCUT2D eigenvalue weighted by molar-refractivity contribution is 5.73. The zero-order valence-electron chi connectivity index (χ0n) is 18.6. The minimum Gasteiger partial charge on any atom is -0.475 e. The average molecular weight is 476 g/mol. The van der Waals surface area contributed by atoms with Gasteiger partial charge < -0.3 is 24.2 Å². The van der Waals surface area contributed by atoms with Crippen molar-refractivity contribution in [2.45, 2.75) is 50.3 Å². The molecule has 3 fully saturated rings. The first-order chi connectivity index (χ1) is 15.8. The number of carbonyl (C=O) groups is 1. The van der Waals surface area contributed by atoms with Crippen LogP contribution in [-0.2, 0) is 19.0 Å². The van der Waals surface area contributed by atoms with E-state index in [-0.39, 0.29) is 5.60 Å². The SMILES string of the molecule is O=C(O)C(F)(F)F.c1cnc(N2CCC3(CC2)OCCC3CCOCC2CCOCC2)nc1. The Morgan fingerprint density at radius 3 is 2.39 bits per heavy atom. The van der Waals surface area contributed by atoms with Gasteiger partial charge in [-0.3, -0.25) is 0 Å². The summed E-state index contributed by atoms with van der Waals surface area (Å²) >= 11 is 0. The van der Waals surface area contributed by atoms with Crippen molar-refractivity contribution in [3.63, 3.8) is 0 Å². The van der Waals surface area contributed by atoms with Crippen LogP contribution in [0, 0.1) is 11.8 Å². The van der Waals surface area contributed by atoms with Crippen LogP contribution in [0.4, 0.5) is 19.1 Å². The lowest BCUT2D eigenvalue weighted by Crippen LogP contribution is -2.48. The summed E-state index contributed by atoms with van der Waals surface area (Å²) in [5, 5.41) is 7.12. The normalized spacial score (nSPS) is 23.2. The maximum atomic E-state index is 10.6. The van der Waals surface area contributed by atoms with Crippen LogP contribution >= 0.6 is 0 Å². The molecule has 3 aliphatic heterocycles. The standard InChI is InChI=1S/C20H31N3O3.C2HF3O2/c1-8-21-19(22-9-1)23-10-6-20(7-11-23)18(5-15-26-20)4-14-25-16-17-2-12-24-13-3-17;3-2(4,5)1(6)7/h1,8-9,17-18H,2-7,10-16H2;(H,6,7). The molecule has 33 heavy (non-hydrogen) atoms. The van der Waals surface area contributed by atoms with Crippen LogP contribution in [0.3, 0.4) is 0 Å². The van der Waals surface area contributed by atoms with Gasteiger partial charge in [0, 0.05) is 58.5 Å². The van der Waals surface area contributed by atoms with Crippen molar-refractivity contribution in [2.75, 3.05) is 51.0 Å². The van der Waals surface area contributed by atoms with Gasteiger partial charge in [0.1, 0.15) is 0 Å². The van der Waals surface area contributed by atoms with Crippen molar-refractivity contribution >= 4 is 11.9 Å². The minimum absolute atomic E-state index is 0.0489. The third-order valence-corrected chi connectivity index (χ3v) is 6.59. The molecule has 4 heterocycles. The molecule has 1 unspecified atom stereocenters. The molecule has 3 aliphatic rings. The average Bonchev–Trinajstić information content (AvgIpc) is 3.20. The van der Waals surface area contributed by atoms with Crippen LogP contribution in [0.2, 0.25) is 0 Å². The molecule has 3 saturated heterocycles. The fourth-order valence-electron chi connectivity index (χ4n) is 4.67. The number of hydrogen-bond donors (Lipinski definition) is 1. The van der Waals surface area contributed by atoms with E-state index in [1.54, 1.807) is 0 Å². The van der Waals surface area contributed by atoms with E-state index in [0.29, 0.717) is 11.8 Å². The maximum Gasteiger partial charge on any atom is 0.490 e. The number of rotatable bonds is 6. The number of aromatic nitrogens is 2. The van der Waals surface area contributed by atoms with Gasteiger partial charge in [0.2, 0.25) is 5.95 Å². The third-order valence-electron chi connectivity index (χ3n) is 6.59. The lowest BCUT2D eigenvalue weighted by atomic mass is 9.78. The van der Waals surface area contributed by atoms with Crippen molar-refractivity contribution in [3.8, 4) is 0 Å². The molecule has 0 saturated carbocycles. The van der Waals surface area contributed by atoms with Crippen LogP contribution in [0.25, 0.3) is 0 Å². The van der Waals surface area contributed by atoms with E-state index in [0.717, 1.165) is 84.2 Å². The summed E-state index contributed by atoms with van der Waals surface area (Å²) in [7, 11) is 0. The second-order valence-electron chi connectivity index (χ2n) is 8.66. The smallest absolute Gasteiger partial charge is 0.475 e. The fourth-order valence-corrected chi connectivity index (χ4v) is 4.67. The lowest BCUT2D eigenvalue weighted by Gasteiger charge is -2.42. The van der Waals surface area contributed by atoms with Crippen molar-refractivity contribution in [3.05, 3.63) is 18.5 Å². The first-order valence-corrected chi connectivity index (χ1v) is 11.4. The Balaban J connectivity index is 0.000000383. The highest BCUT2D eigenvalue weighted by Gasteiger charge is 2.46. The number of carboxylic acids is 1. The molecule has 1 spiro atoms. The van der Waals surface area contributed by atoms with Gasteiger partial charge in [-0.2, -0.15) is 13.2 Å². The second kappa shape index (κ2) is 11.9. The Labute approximate surface area is 191 Å². The highest BCUT2D eigenvalue weighted by Crippen LogP contribution is 2.42. The number of halogens is 3. The zero-order chi connectivity index (χ0) is 23.7. The number of piperidine rings is 1. The van der Waals surface area contributed by atoms with Gasteiger partial charge in [-0.15, -0.1) is 0 Å². The molecule has 1 N–H and O–H groups in total. The molecule has 0 radical (unpaired) electrons. The number of aliphatic carboxylic acids is 1. The molecular weight excluding hydrogens is 443 g/mol. The first kappa shape index (κ1) is 25.6. The number of ether oxygens (including phenoxy) is 3. The molecule has 1 aromatic heterocycles. The summed E-state index contributed by atoms with van der Waals surface area (Å²) in [5.41, 5.74) is 0.0489. The van der Waals surface area contributed by atoms with Crippen LogP contribution in [-0.4, -0.2) is 78.9 Å². The van der Waals surface area contributed by atoms with Crippen molar-refractivity contribution in [2.24, 2.45) is 11.8 Å². The highest BCUT2D eigenvalue weighted by atomic mass is 19.4. The molecule has 11 heteroatoms. The molecule has 0 amide bonds. The summed E-state index contributed by atoms with van der Waals surface area (Å²) in [6.45, 7) is 6.39. The Morgan fingerprint density at radius 1 is 1.15 bits per heavy atom. The molecule has 0 aromatic carbocycles. The molecule has 186 valence electrons. The number of carboxylic acid groups (broad SMARTS) is 1. The predicted molar refractivity (Wildman–Crippen MR) is 113 cm³/mol. The summed E-state index contributed by atoms with van der Waals surface area (Å²) in [6.07, 6.45) is 5.26. The molecule has 1 atom stereocenters. The quantitative estimate of drug-likeness (QED) is 0.627. The second-order valence-corrected chi connectivity index (χ2v) is 8.66. The van der Waals surface area contributed by atoms with Crippen LogP contribution in [0.1, 0.15) is 38.5 Å². The van der Waals surface area contributed by atoms with Crippen LogP contribution in [0.5, 0.6) is 0 Å². The van der Waals surface area contributed by atoms with E-state index < -0.39 is 12.1 Å². The van der Waals surface area contributed by atoms with Crippen molar-refractivity contribution < 1.29 is 37.3 Å². The topological polar surface area (TPSA) is 94.0 Å². The van der Waals surface area contributed by atoms with Crippen molar-refractivity contribution in [1.29, 1.82) is 0 Å². The van der Waals surface area contributed by atoms with Gasteiger partial charge in [0.15, 0.2) is 0 Å². The summed E-state index contributed by atoms with van der Waals surface area (Å²) in [5.74, 6) is -0.605. The molecule has 0 aliphatic carbocycles. The number of hydrogen-bond acceptors (Lipinski definition) is 7. The first-order valence-electron chi connectivity index (χ1n) is 11.4. The van der Waals surface area contributed by atoms with E-state index in [9.17, 15) is 13.2 Å². The number of anilines is 1. The summed E-state index contributed by atoms with van der Waals surface area (Å²) in [6, 6.07) is 1.87. The minimum atomic E-state index is -5.08. The van der Waals surface area contributed by atoms with E-state index in [2.05, 4.69) is 14.9 Å². The van der Waals surface area contributed by atoms with Gasteiger partial charge in [-0.1, -0.05) is 0 Å². The molecule has 0 bridgehead atoms. The Kier molecular flexibility index (Phi) is 9.27. The zero-order valence-corrected chi connectivity index (χ0v) is 18.6. The van der Waals surface area contributed by atoms with Gasteiger partial charge in [0.25, 0.3) is 0 Å². The number of alkyl halides is 3. The molecular formula is C22H32F3N3O5. The molecule has 1 aromatic rings. The maximum absolute atomic E-state index is 10.6. The largest absolute Gasteiger partial charge is 0.490 e. The van der Waals surface area contributed by atoms with Gasteiger partial charge in [-0.05, 0) is 56.4 Å². The monoisotopic (exact) mass is 475 g/mol. The van der Waals surface area contributed by atoms with E-state index in [1.807, 2.05) is 18.5 Å². The van der Waals surface area contributed by atoms with Crippen LogP contribution in [0.15, 0.2) is 18.5 Å². The van der Waals surface area contributed by atoms with Crippen LogP contribution < -0.4 is 4.90 Å². The Hall–Kier alpha value is -1.98. The fraction of sp³-hybridized carbons (Fsp3) is 0.773. The lowest BCUT2D eigenvalue weighted by molar-refractivity contribution is -0.192. The van der Waals surface area contributed by atoms with E-state index in [1.165, 1.54) is 6.42 Å².